The second-order valence-corrected chi connectivity index (χ2v) is 8.80. The van der Waals surface area contributed by atoms with Gasteiger partial charge in [-0.3, -0.25) is 24.6 Å². The Hall–Kier alpha value is -4.21. The molecule has 0 spiro atoms. The van der Waals surface area contributed by atoms with E-state index in [0.717, 1.165) is 17.7 Å². The van der Waals surface area contributed by atoms with Crippen molar-refractivity contribution in [2.75, 3.05) is 18.0 Å². The van der Waals surface area contributed by atoms with Crippen molar-refractivity contribution in [2.45, 2.75) is 38.1 Å². The molecule has 0 radical (unpaired) electrons. The topological polar surface area (TPSA) is 128 Å². The first-order chi connectivity index (χ1) is 16.8. The highest BCUT2D eigenvalue weighted by Crippen LogP contribution is 2.23. The second-order valence-electron chi connectivity index (χ2n) is 8.80. The van der Waals surface area contributed by atoms with Gasteiger partial charge in [0.1, 0.15) is 5.54 Å². The fourth-order valence-electron chi connectivity index (χ4n) is 4.14. The van der Waals surface area contributed by atoms with Crippen molar-refractivity contribution in [3.63, 3.8) is 0 Å². The molecule has 2 aliphatic rings. The van der Waals surface area contributed by atoms with Gasteiger partial charge in [-0.2, -0.15) is 5.01 Å². The average molecular weight is 478 g/mol. The lowest BCUT2D eigenvalue weighted by molar-refractivity contribution is -0.138. The van der Waals surface area contributed by atoms with E-state index in [0.29, 0.717) is 36.4 Å². The van der Waals surface area contributed by atoms with Gasteiger partial charge in [-0.05, 0) is 56.0 Å². The molecule has 3 N–H and O–H groups in total. The molecule has 182 valence electrons. The summed E-state index contributed by atoms with van der Waals surface area (Å²) in [6, 6.07) is 15.4. The fraction of sp³-hybridized carbons (Fsp3) is 0.320. The summed E-state index contributed by atoms with van der Waals surface area (Å²) in [5.41, 5.74) is 3.18. The summed E-state index contributed by atoms with van der Waals surface area (Å²) in [5.74, 6) is -1.72. The van der Waals surface area contributed by atoms with Crippen LogP contribution in [0.25, 0.3) is 0 Å². The van der Waals surface area contributed by atoms with Crippen LogP contribution in [0.15, 0.2) is 54.6 Å². The van der Waals surface area contributed by atoms with E-state index in [4.69, 9.17) is 0 Å². The van der Waals surface area contributed by atoms with E-state index >= 15 is 0 Å². The maximum absolute atomic E-state index is 12.8. The van der Waals surface area contributed by atoms with Crippen LogP contribution in [0.5, 0.6) is 0 Å². The smallest absolute Gasteiger partial charge is 0.343 e. The van der Waals surface area contributed by atoms with Gasteiger partial charge in [-0.15, -0.1) is 0 Å². The van der Waals surface area contributed by atoms with Crippen molar-refractivity contribution in [1.29, 1.82) is 0 Å². The van der Waals surface area contributed by atoms with E-state index in [9.17, 15) is 24.0 Å². The first-order valence-corrected chi connectivity index (χ1v) is 11.5. The normalized spacial score (nSPS) is 19.6. The molecule has 0 saturated carbocycles. The van der Waals surface area contributed by atoms with Crippen LogP contribution in [0.3, 0.4) is 0 Å². The third kappa shape index (κ3) is 5.32. The molecule has 2 heterocycles. The Balaban J connectivity index is 1.28. The Morgan fingerprint density at radius 2 is 1.74 bits per heavy atom. The maximum Gasteiger partial charge on any atom is 0.344 e. The van der Waals surface area contributed by atoms with Crippen LogP contribution in [0.1, 0.15) is 42.1 Å². The predicted molar refractivity (Wildman–Crippen MR) is 127 cm³/mol. The average Bonchev–Trinajstić information content (AvgIpc) is 3.38. The lowest BCUT2D eigenvalue weighted by Gasteiger charge is -2.21. The van der Waals surface area contributed by atoms with E-state index in [1.807, 2.05) is 30.3 Å². The number of nitrogens with zero attached hydrogens (tertiary/aromatic N) is 2. The fourth-order valence-corrected chi connectivity index (χ4v) is 4.14. The Bertz CT molecular complexity index is 1150. The molecule has 2 fully saturated rings. The molecule has 0 unspecified atom stereocenters. The van der Waals surface area contributed by atoms with Gasteiger partial charge in [0.2, 0.25) is 5.91 Å². The summed E-state index contributed by atoms with van der Waals surface area (Å²) in [5, 5.41) is 5.76. The van der Waals surface area contributed by atoms with Crippen molar-refractivity contribution in [2.24, 2.45) is 0 Å². The Labute approximate surface area is 202 Å². The lowest BCUT2D eigenvalue weighted by atomic mass is 9.93. The van der Waals surface area contributed by atoms with Crippen LogP contribution in [-0.4, -0.2) is 53.3 Å². The summed E-state index contributed by atoms with van der Waals surface area (Å²) in [4.78, 5) is 63.4. The van der Waals surface area contributed by atoms with Crippen molar-refractivity contribution >= 4 is 35.3 Å². The van der Waals surface area contributed by atoms with E-state index in [1.54, 1.807) is 36.1 Å². The van der Waals surface area contributed by atoms with E-state index in [1.165, 1.54) is 0 Å². The van der Waals surface area contributed by atoms with Gasteiger partial charge < -0.3 is 15.5 Å². The maximum atomic E-state index is 12.8. The second kappa shape index (κ2) is 9.96. The third-order valence-electron chi connectivity index (χ3n) is 6.18. The van der Waals surface area contributed by atoms with Crippen molar-refractivity contribution in [1.82, 2.24) is 21.1 Å². The number of imide groups is 1. The summed E-state index contributed by atoms with van der Waals surface area (Å²) >= 11 is 0. The number of rotatable bonds is 8. The van der Waals surface area contributed by atoms with Crippen LogP contribution in [0.4, 0.5) is 10.5 Å². The Morgan fingerprint density at radius 1 is 1.03 bits per heavy atom. The van der Waals surface area contributed by atoms with Gasteiger partial charge in [-0.25, -0.2) is 4.79 Å². The van der Waals surface area contributed by atoms with Crippen LogP contribution in [0, 0.1) is 0 Å². The molecule has 2 aromatic rings. The summed E-state index contributed by atoms with van der Waals surface area (Å²) in [6.45, 7) is 1.84. The first-order valence-electron chi connectivity index (χ1n) is 11.5. The minimum atomic E-state index is -1.15. The zero-order chi connectivity index (χ0) is 25.0. The number of nitrogens with one attached hydrogen (secondary N) is 3. The van der Waals surface area contributed by atoms with Crippen molar-refractivity contribution in [3.8, 4) is 0 Å². The van der Waals surface area contributed by atoms with Crippen LogP contribution >= 0.6 is 0 Å². The summed E-state index contributed by atoms with van der Waals surface area (Å²) in [6.07, 6.45) is 2.26. The molecule has 0 aromatic heterocycles. The van der Waals surface area contributed by atoms with E-state index in [2.05, 4.69) is 16.1 Å². The zero-order valence-electron chi connectivity index (χ0n) is 19.4. The number of carbonyl (C=O) groups excluding carboxylic acids is 5. The molecular weight excluding hydrogens is 450 g/mol. The minimum Gasteiger partial charge on any atom is -0.343 e. The number of amides is 6. The molecule has 1 atom stereocenters. The van der Waals surface area contributed by atoms with Gasteiger partial charge in [0, 0.05) is 24.2 Å². The van der Waals surface area contributed by atoms with E-state index < -0.39 is 35.8 Å². The van der Waals surface area contributed by atoms with Gasteiger partial charge in [0.05, 0.1) is 6.54 Å². The van der Waals surface area contributed by atoms with Crippen LogP contribution in [0.2, 0.25) is 0 Å². The quantitative estimate of drug-likeness (QED) is 0.497. The molecular formula is C25H27N5O5. The summed E-state index contributed by atoms with van der Waals surface area (Å²) in [7, 11) is 0. The van der Waals surface area contributed by atoms with Gasteiger partial charge in [-0.1, -0.05) is 30.3 Å². The first kappa shape index (κ1) is 23.9. The highest BCUT2D eigenvalue weighted by atomic mass is 16.2. The summed E-state index contributed by atoms with van der Waals surface area (Å²) < 4.78 is 0. The van der Waals surface area contributed by atoms with Crippen LogP contribution in [-0.2, 0) is 20.8 Å². The minimum absolute atomic E-state index is 0.0514. The lowest BCUT2D eigenvalue weighted by Crippen LogP contribution is -2.51. The highest BCUT2D eigenvalue weighted by molar-refractivity contribution is 6.08. The third-order valence-corrected chi connectivity index (χ3v) is 6.18. The van der Waals surface area contributed by atoms with Gasteiger partial charge >= 0.3 is 6.03 Å². The standard InChI is InChI=1S/C25H27N5O5/c1-25(14-13-17-6-3-2-4-7-17)23(34)30(24(35)27-25)28-20(31)16-26-22(33)18-9-11-19(12-10-18)29-15-5-8-21(29)32/h2-4,6-7,9-12H,5,8,13-16H2,1H3,(H,26,33)(H,27,35)(H,28,31)/t25-/m0/s1. The number of anilines is 1. The zero-order valence-corrected chi connectivity index (χ0v) is 19.4. The van der Waals surface area contributed by atoms with Crippen LogP contribution < -0.4 is 21.0 Å². The molecule has 0 aliphatic carbocycles. The van der Waals surface area contributed by atoms with Gasteiger partial charge in [0.15, 0.2) is 0 Å². The molecule has 2 aliphatic heterocycles. The predicted octanol–water partition coefficient (Wildman–Crippen LogP) is 1.52. The molecule has 2 saturated heterocycles. The number of carbonyl (C=O) groups is 5. The molecule has 0 bridgehead atoms. The Morgan fingerprint density at radius 3 is 2.40 bits per heavy atom. The number of aryl methyl sites for hydroxylation is 1. The molecule has 2 aromatic carbocycles. The molecule has 35 heavy (non-hydrogen) atoms. The SMILES string of the molecule is C[C@@]1(CCc2ccccc2)NC(=O)N(NC(=O)CNC(=O)c2ccc(N3CCCC3=O)cc2)C1=O. The van der Waals surface area contributed by atoms with Crippen molar-refractivity contribution < 1.29 is 24.0 Å². The molecule has 4 rings (SSSR count). The number of benzene rings is 2. The van der Waals surface area contributed by atoms with Gasteiger partial charge in [0.25, 0.3) is 17.7 Å². The van der Waals surface area contributed by atoms with Crippen molar-refractivity contribution in [3.05, 3.63) is 65.7 Å². The molecule has 6 amide bonds. The Kier molecular flexibility index (Phi) is 6.81. The largest absolute Gasteiger partial charge is 0.344 e. The number of hydrazine groups is 1. The highest BCUT2D eigenvalue weighted by Gasteiger charge is 2.48. The number of urea groups is 1. The number of hydrogen-bond donors (Lipinski definition) is 3. The molecule has 10 heteroatoms. The monoisotopic (exact) mass is 477 g/mol. The number of hydrogen-bond acceptors (Lipinski definition) is 5. The van der Waals surface area contributed by atoms with E-state index in [-0.39, 0.29) is 5.91 Å². The molecule has 10 nitrogen and oxygen atoms in total.